The second-order valence-electron chi connectivity index (χ2n) is 26.7. The predicted octanol–water partition coefficient (Wildman–Crippen LogP) is -3.20. The zero-order valence-corrected chi connectivity index (χ0v) is 57.6. The molecule has 19 atom stereocenters. The third-order valence-corrected chi connectivity index (χ3v) is 17.1. The summed E-state index contributed by atoms with van der Waals surface area (Å²) in [6, 6.07) is 0.577. The molecule has 32 nitrogen and oxygen atoms in total. The first-order valence-electron chi connectivity index (χ1n) is 34.6. The SMILES string of the molecule is CC(=O)CCC(NC(=O)CCC(NC(=O)CCC(NC(=O)C(C)Cc1ccc(OC(C)(C)C)cc1)C(=O)NCCCCCCOC1OC(CO)C(O)C(O)C1N)C(=O)NCCCCCCOC1OC(CO)C(O)C(O)C1N)C(=O)NCCCCCCOC1OC(CO)C(O)C(O)C1N. The van der Waals surface area contributed by atoms with Crippen LogP contribution >= 0.6 is 0 Å². The fourth-order valence-electron chi connectivity index (χ4n) is 11.2. The molecule has 1 aromatic carbocycles. The number of rotatable bonds is 46. The van der Waals surface area contributed by atoms with E-state index in [-0.39, 0.29) is 83.8 Å². The van der Waals surface area contributed by atoms with Crippen LogP contribution in [0.25, 0.3) is 0 Å². The summed E-state index contributed by atoms with van der Waals surface area (Å²) in [6.45, 7) is 8.39. The van der Waals surface area contributed by atoms with Crippen molar-refractivity contribution in [1.29, 1.82) is 0 Å². The Balaban J connectivity index is 1.38. The van der Waals surface area contributed by atoms with Crippen LogP contribution in [-0.4, -0.2) is 262 Å². The molecule has 0 radical (unpaired) electrons. The number of unbranched alkanes of at least 4 members (excludes halogenated alkanes) is 9. The molecule has 3 heterocycles. The van der Waals surface area contributed by atoms with Crippen molar-refractivity contribution >= 4 is 41.2 Å². The van der Waals surface area contributed by atoms with Crippen LogP contribution in [0.5, 0.6) is 5.75 Å². The van der Waals surface area contributed by atoms with Gasteiger partial charge in [0.15, 0.2) is 18.9 Å². The minimum atomic E-state index is -1.38. The molecule has 32 heteroatoms. The molecule has 0 saturated carbocycles. The van der Waals surface area contributed by atoms with Gasteiger partial charge in [-0.2, -0.15) is 0 Å². The molecule has 98 heavy (non-hydrogen) atoms. The maximum Gasteiger partial charge on any atom is 0.242 e. The van der Waals surface area contributed by atoms with E-state index >= 15 is 0 Å². The van der Waals surface area contributed by atoms with E-state index in [1.54, 1.807) is 6.92 Å². The van der Waals surface area contributed by atoms with Crippen LogP contribution in [0, 0.1) is 5.92 Å². The Kier molecular flexibility index (Phi) is 39.0. The fourth-order valence-corrected chi connectivity index (χ4v) is 11.2. The van der Waals surface area contributed by atoms with Gasteiger partial charge in [-0.15, -0.1) is 0 Å². The Morgan fingerprint density at radius 2 is 0.796 bits per heavy atom. The minimum Gasteiger partial charge on any atom is -0.488 e. The number of nitrogens with one attached hydrogen (secondary N) is 6. The lowest BCUT2D eigenvalue weighted by Gasteiger charge is -2.40. The average Bonchev–Trinajstić information content (AvgIpc) is 0.834. The van der Waals surface area contributed by atoms with Gasteiger partial charge in [0.25, 0.3) is 0 Å². The smallest absolute Gasteiger partial charge is 0.242 e. The Labute approximate surface area is 574 Å². The topological polar surface area (TPSA) is 516 Å². The molecule has 0 aliphatic carbocycles. The molecule has 21 N–H and O–H groups in total. The number of nitrogens with two attached hydrogens (primary N) is 3. The molecule has 0 aromatic heterocycles. The third kappa shape index (κ3) is 30.2. The maximum absolute atomic E-state index is 14.0. The summed E-state index contributed by atoms with van der Waals surface area (Å²) in [5.74, 6) is -3.71. The van der Waals surface area contributed by atoms with Gasteiger partial charge in [-0.1, -0.05) is 57.6 Å². The normalized spacial score (nSPS) is 27.0. The van der Waals surface area contributed by atoms with Crippen molar-refractivity contribution in [1.82, 2.24) is 31.9 Å². The molecule has 19 unspecified atom stereocenters. The zero-order chi connectivity index (χ0) is 72.5. The summed E-state index contributed by atoms with van der Waals surface area (Å²) in [7, 11) is 0. The van der Waals surface area contributed by atoms with Gasteiger partial charge >= 0.3 is 0 Å². The number of amides is 6. The highest BCUT2D eigenvalue weighted by molar-refractivity contribution is 5.91. The molecule has 1 aromatic rings. The number of hydrogen-bond donors (Lipinski definition) is 18. The van der Waals surface area contributed by atoms with Crippen LogP contribution in [0.1, 0.15) is 156 Å². The van der Waals surface area contributed by atoms with Crippen LogP contribution in [-0.2, 0) is 68.4 Å². The first kappa shape index (κ1) is 85.2. The summed E-state index contributed by atoms with van der Waals surface area (Å²) in [6.07, 6.45) is -8.35. The lowest BCUT2D eigenvalue weighted by Crippen LogP contribution is -2.62. The van der Waals surface area contributed by atoms with Gasteiger partial charge < -0.3 is 133 Å². The molecule has 562 valence electrons. The monoisotopic (exact) mass is 1400 g/mol. The molecule has 6 amide bonds. The quantitative estimate of drug-likeness (QED) is 0.0286. The summed E-state index contributed by atoms with van der Waals surface area (Å²) in [5, 5.41) is 106. The predicted molar refractivity (Wildman–Crippen MR) is 353 cm³/mol. The number of aliphatic hydroxyl groups excluding tert-OH is 9. The Morgan fingerprint density at radius 1 is 0.469 bits per heavy atom. The second-order valence-corrected chi connectivity index (χ2v) is 26.7. The van der Waals surface area contributed by atoms with E-state index in [0.717, 1.165) is 5.56 Å². The third-order valence-electron chi connectivity index (χ3n) is 17.1. The molecule has 3 aliphatic heterocycles. The molecule has 4 rings (SSSR count). The average molecular weight is 1400 g/mol. The second kappa shape index (κ2) is 44.9. The summed E-state index contributed by atoms with van der Waals surface area (Å²) < 4.78 is 39.5. The van der Waals surface area contributed by atoms with Crippen molar-refractivity contribution in [3.63, 3.8) is 0 Å². The number of ketones is 1. The zero-order valence-electron chi connectivity index (χ0n) is 57.6. The standard InChI is InChI=1S/C66H115N9O23/c1-38(34-40-19-21-41(22-20-40)98-66(3,4)5)59(88)75-44(62(91)72-30-14-8-11-17-33-94-65-52(69)58(87)55(84)47(37-78)97-65)25-27-49(81)74-43(61(90)71-29-13-7-10-16-32-93-64-51(68)57(86)54(83)46(36-77)96-64)24-26-48(80)73-42(23-18-39(2)79)60(89)70-28-12-6-9-15-31-92-63-50(67)56(85)53(82)45(35-76)95-63/h19-22,38,42-47,50-58,63-65,76-78,82-87H,6-18,23-37,67-69H2,1-5H3,(H,70,89)(H,71,90)(H,72,91)(H,73,80)(H,74,81)(H,75,88). The van der Waals surface area contributed by atoms with Crippen molar-refractivity contribution in [2.45, 2.75) is 272 Å². The summed E-state index contributed by atoms with van der Waals surface area (Å²) in [4.78, 5) is 95.1. The Morgan fingerprint density at radius 3 is 1.12 bits per heavy atom. The number of Topliss-reactive ketones (excluding diaryl/α,β-unsaturated/α-hetero) is 1. The highest BCUT2D eigenvalue weighted by Crippen LogP contribution is 2.25. The number of benzene rings is 1. The summed E-state index contributed by atoms with van der Waals surface area (Å²) in [5.41, 5.74) is 18.3. The van der Waals surface area contributed by atoms with E-state index in [2.05, 4.69) is 31.9 Å². The van der Waals surface area contributed by atoms with Crippen LogP contribution in [0.3, 0.4) is 0 Å². The molecule has 0 bridgehead atoms. The highest BCUT2D eigenvalue weighted by atomic mass is 16.7. The van der Waals surface area contributed by atoms with Gasteiger partial charge in [0.2, 0.25) is 35.4 Å². The van der Waals surface area contributed by atoms with Crippen LogP contribution in [0.2, 0.25) is 0 Å². The van der Waals surface area contributed by atoms with Crippen LogP contribution in [0.4, 0.5) is 0 Å². The van der Waals surface area contributed by atoms with E-state index in [4.69, 9.17) is 50.4 Å². The minimum absolute atomic E-state index is 0.0229. The van der Waals surface area contributed by atoms with Gasteiger partial charge in [-0.05, 0) is 110 Å². The Bertz CT molecular complexity index is 2520. The van der Waals surface area contributed by atoms with Gasteiger partial charge in [0, 0.05) is 64.6 Å². The van der Waals surface area contributed by atoms with Crippen molar-refractivity contribution in [3.05, 3.63) is 29.8 Å². The first-order valence-corrected chi connectivity index (χ1v) is 34.6. The first-order chi connectivity index (χ1) is 46.6. The van der Waals surface area contributed by atoms with E-state index in [0.29, 0.717) is 89.2 Å². The van der Waals surface area contributed by atoms with Gasteiger partial charge in [0.1, 0.15) is 90.2 Å². The molecule has 0 spiro atoms. The summed E-state index contributed by atoms with van der Waals surface area (Å²) >= 11 is 0. The van der Waals surface area contributed by atoms with Crippen molar-refractivity contribution in [2.75, 3.05) is 59.3 Å². The number of hydrogen-bond acceptors (Lipinski definition) is 26. The molecule has 3 fully saturated rings. The lowest BCUT2D eigenvalue weighted by atomic mass is 9.98. The number of aliphatic hydroxyl groups is 9. The molecular weight excluding hydrogens is 1290 g/mol. The van der Waals surface area contributed by atoms with Crippen molar-refractivity contribution in [3.8, 4) is 5.75 Å². The molecule has 3 aliphatic rings. The number of carbonyl (C=O) groups excluding carboxylic acids is 7. The highest BCUT2D eigenvalue weighted by Gasteiger charge is 2.45. The molecular formula is C66H115N9O23. The van der Waals surface area contributed by atoms with Crippen LogP contribution < -0.4 is 53.8 Å². The number of ether oxygens (including phenoxy) is 7. The lowest BCUT2D eigenvalue weighted by molar-refractivity contribution is -0.265. The largest absolute Gasteiger partial charge is 0.488 e. The van der Waals surface area contributed by atoms with E-state index in [1.165, 1.54) is 6.92 Å². The van der Waals surface area contributed by atoms with Crippen molar-refractivity contribution in [2.24, 2.45) is 23.1 Å². The Hall–Kier alpha value is -5.21. The maximum atomic E-state index is 14.0. The van der Waals surface area contributed by atoms with E-state index < -0.39 is 177 Å². The fraction of sp³-hybridized carbons (Fsp3) is 0.803. The number of carbonyl (C=O) groups is 7. The van der Waals surface area contributed by atoms with E-state index in [1.807, 2.05) is 45.0 Å². The van der Waals surface area contributed by atoms with Gasteiger partial charge in [-0.3, -0.25) is 28.8 Å². The van der Waals surface area contributed by atoms with E-state index in [9.17, 15) is 79.5 Å². The van der Waals surface area contributed by atoms with Gasteiger partial charge in [0.05, 0.1) is 37.9 Å². The molecule has 3 saturated heterocycles. The van der Waals surface area contributed by atoms with Gasteiger partial charge in [-0.25, -0.2) is 0 Å². The van der Waals surface area contributed by atoms with Crippen molar-refractivity contribution < 1.29 is 113 Å². The van der Waals surface area contributed by atoms with Crippen LogP contribution in [0.15, 0.2) is 24.3 Å².